The topological polar surface area (TPSA) is 52.5 Å². The van der Waals surface area contributed by atoms with Gasteiger partial charge in [0, 0.05) is 6.04 Å². The van der Waals surface area contributed by atoms with Gasteiger partial charge in [0.1, 0.15) is 6.23 Å². The van der Waals surface area contributed by atoms with Crippen molar-refractivity contribution in [3.63, 3.8) is 0 Å². The van der Waals surface area contributed by atoms with Crippen LogP contribution in [0.3, 0.4) is 0 Å². The molecule has 1 aliphatic rings. The summed E-state index contributed by atoms with van der Waals surface area (Å²) in [5, 5.41) is 21.0. The molecule has 1 radical (unpaired) electrons. The van der Waals surface area contributed by atoms with Crippen molar-refractivity contribution >= 4 is 0 Å². The van der Waals surface area contributed by atoms with E-state index in [-0.39, 0.29) is 6.10 Å². The van der Waals surface area contributed by atoms with Gasteiger partial charge in [-0.15, -0.1) is 0 Å². The van der Waals surface area contributed by atoms with E-state index in [1.54, 1.807) is 0 Å². The highest BCUT2D eigenvalue weighted by Crippen LogP contribution is 2.18. The molecule has 1 aliphatic carbocycles. The molecule has 0 aromatic carbocycles. The molecule has 1 atom stereocenters. The minimum Gasteiger partial charge on any atom is -0.393 e. The molecule has 1 fully saturated rings. The first-order valence-corrected chi connectivity index (χ1v) is 4.13. The second-order valence-corrected chi connectivity index (χ2v) is 3.19. The smallest absolute Gasteiger partial charge is 0.105 e. The predicted molar refractivity (Wildman–Crippen MR) is 42.8 cm³/mol. The van der Waals surface area contributed by atoms with E-state index in [2.05, 4.69) is 12.2 Å². The van der Waals surface area contributed by atoms with Crippen molar-refractivity contribution in [2.45, 2.75) is 44.1 Å². The van der Waals surface area contributed by atoms with Crippen LogP contribution in [0.4, 0.5) is 0 Å². The molecule has 0 heterocycles. The predicted octanol–water partition coefficient (Wildman–Crippen LogP) is 0.0320. The van der Waals surface area contributed by atoms with Crippen molar-refractivity contribution in [1.29, 1.82) is 0 Å². The second kappa shape index (κ2) is 4.04. The highest BCUT2D eigenvalue weighted by molar-refractivity contribution is 4.77. The lowest BCUT2D eigenvalue weighted by atomic mass is 9.93. The lowest BCUT2D eigenvalue weighted by Crippen LogP contribution is -2.39. The van der Waals surface area contributed by atoms with Crippen LogP contribution in [-0.4, -0.2) is 28.6 Å². The van der Waals surface area contributed by atoms with E-state index >= 15 is 0 Å². The number of rotatable bonds is 2. The highest BCUT2D eigenvalue weighted by atomic mass is 16.3. The summed E-state index contributed by atoms with van der Waals surface area (Å²) < 4.78 is 0. The van der Waals surface area contributed by atoms with Gasteiger partial charge in [0.2, 0.25) is 0 Å². The van der Waals surface area contributed by atoms with Crippen LogP contribution in [0, 0.1) is 6.92 Å². The number of hydrogen-bond acceptors (Lipinski definition) is 3. The average Bonchev–Trinajstić information content (AvgIpc) is 1.93. The minimum absolute atomic E-state index is 0.130. The van der Waals surface area contributed by atoms with Crippen LogP contribution in [0.2, 0.25) is 0 Å². The van der Waals surface area contributed by atoms with Crippen LogP contribution in [-0.2, 0) is 0 Å². The molecule has 1 saturated carbocycles. The maximum Gasteiger partial charge on any atom is 0.105 e. The number of aliphatic hydroxyl groups excluding tert-OH is 2. The molecule has 11 heavy (non-hydrogen) atoms. The van der Waals surface area contributed by atoms with E-state index in [0.717, 1.165) is 25.7 Å². The van der Waals surface area contributed by atoms with Crippen molar-refractivity contribution < 1.29 is 10.2 Å². The van der Waals surface area contributed by atoms with Crippen LogP contribution in [0.15, 0.2) is 0 Å². The van der Waals surface area contributed by atoms with Crippen molar-refractivity contribution in [1.82, 2.24) is 5.32 Å². The van der Waals surface area contributed by atoms with Gasteiger partial charge in [-0.3, -0.25) is 5.32 Å². The minimum atomic E-state index is -0.671. The molecule has 0 aromatic rings. The van der Waals surface area contributed by atoms with Crippen LogP contribution < -0.4 is 5.32 Å². The van der Waals surface area contributed by atoms with Crippen LogP contribution in [0.5, 0.6) is 0 Å². The summed E-state index contributed by atoms with van der Waals surface area (Å²) >= 11 is 0. The van der Waals surface area contributed by atoms with Gasteiger partial charge in [0.15, 0.2) is 0 Å². The van der Waals surface area contributed by atoms with Gasteiger partial charge in [-0.25, -0.2) is 0 Å². The van der Waals surface area contributed by atoms with Gasteiger partial charge >= 0.3 is 0 Å². The molecule has 1 rings (SSSR count). The Morgan fingerprint density at radius 2 is 1.82 bits per heavy atom. The fraction of sp³-hybridized carbons (Fsp3) is 0.875. The number of nitrogens with one attached hydrogen (secondary N) is 1. The second-order valence-electron chi connectivity index (χ2n) is 3.19. The maximum atomic E-state index is 9.16. The Bertz CT molecular complexity index is 109. The van der Waals surface area contributed by atoms with Gasteiger partial charge in [-0.1, -0.05) is 0 Å². The van der Waals surface area contributed by atoms with Crippen molar-refractivity contribution in [3.8, 4) is 0 Å². The third-order valence-corrected chi connectivity index (χ3v) is 2.12. The molecule has 3 nitrogen and oxygen atoms in total. The Hall–Kier alpha value is -0.120. The van der Waals surface area contributed by atoms with Crippen molar-refractivity contribution in [3.05, 3.63) is 6.92 Å². The zero-order valence-corrected chi connectivity index (χ0v) is 6.66. The van der Waals surface area contributed by atoms with Gasteiger partial charge < -0.3 is 10.2 Å². The van der Waals surface area contributed by atoms with Gasteiger partial charge in [-0.2, -0.15) is 0 Å². The van der Waals surface area contributed by atoms with Crippen LogP contribution >= 0.6 is 0 Å². The molecule has 0 saturated heterocycles. The Balaban J connectivity index is 2.17. The Labute approximate surface area is 67.4 Å². The largest absolute Gasteiger partial charge is 0.393 e. The summed E-state index contributed by atoms with van der Waals surface area (Å²) in [5.41, 5.74) is 0. The summed E-state index contributed by atoms with van der Waals surface area (Å²) in [5.74, 6) is 0. The maximum absolute atomic E-state index is 9.16. The molecule has 0 amide bonds. The molecular weight excluding hydrogens is 142 g/mol. The van der Waals surface area contributed by atoms with Gasteiger partial charge in [0.25, 0.3) is 0 Å². The van der Waals surface area contributed by atoms with Crippen molar-refractivity contribution in [2.75, 3.05) is 0 Å². The molecule has 0 aliphatic heterocycles. The summed E-state index contributed by atoms with van der Waals surface area (Å²) in [7, 11) is 0. The standard InChI is InChI=1S/C8H16NO2/c1-6(10)9-7-2-4-8(11)5-3-7/h6-11H,1-5H2. The summed E-state index contributed by atoms with van der Waals surface area (Å²) in [6, 6.07) is 0.339. The third kappa shape index (κ3) is 3.18. The number of aliphatic hydroxyl groups is 2. The zero-order valence-electron chi connectivity index (χ0n) is 6.66. The lowest BCUT2D eigenvalue weighted by Gasteiger charge is -2.27. The first-order chi connectivity index (χ1) is 5.18. The highest BCUT2D eigenvalue weighted by Gasteiger charge is 2.19. The first kappa shape index (κ1) is 8.97. The molecule has 1 unspecified atom stereocenters. The molecule has 3 heteroatoms. The van der Waals surface area contributed by atoms with E-state index in [1.807, 2.05) is 0 Å². The van der Waals surface area contributed by atoms with Gasteiger partial charge in [-0.05, 0) is 32.6 Å². The summed E-state index contributed by atoms with van der Waals surface area (Å²) in [6.07, 6.45) is 2.75. The number of hydrogen-bond donors (Lipinski definition) is 3. The SMILES string of the molecule is [CH2]C(O)NC1CCC(O)CC1. The van der Waals surface area contributed by atoms with Gasteiger partial charge in [0.05, 0.1) is 6.10 Å². The molecule has 3 N–H and O–H groups in total. The lowest BCUT2D eigenvalue weighted by molar-refractivity contribution is 0.0948. The van der Waals surface area contributed by atoms with E-state index in [9.17, 15) is 0 Å². The fourth-order valence-corrected chi connectivity index (χ4v) is 1.51. The molecular formula is C8H16NO2. The normalized spacial score (nSPS) is 35.2. The molecule has 0 bridgehead atoms. The third-order valence-electron chi connectivity index (χ3n) is 2.12. The monoisotopic (exact) mass is 158 g/mol. The molecule has 0 spiro atoms. The Kier molecular flexibility index (Phi) is 3.30. The average molecular weight is 158 g/mol. The molecule has 65 valence electrons. The Morgan fingerprint density at radius 3 is 2.27 bits per heavy atom. The molecule has 0 aromatic heterocycles. The van der Waals surface area contributed by atoms with E-state index in [1.165, 1.54) is 0 Å². The van der Waals surface area contributed by atoms with Crippen LogP contribution in [0.25, 0.3) is 0 Å². The van der Waals surface area contributed by atoms with Crippen molar-refractivity contribution in [2.24, 2.45) is 0 Å². The summed E-state index contributed by atoms with van der Waals surface area (Å²) in [4.78, 5) is 0. The Morgan fingerprint density at radius 1 is 1.27 bits per heavy atom. The summed E-state index contributed by atoms with van der Waals surface area (Å²) in [6.45, 7) is 3.43. The van der Waals surface area contributed by atoms with Crippen LogP contribution in [0.1, 0.15) is 25.7 Å². The zero-order chi connectivity index (χ0) is 8.27. The quantitative estimate of drug-likeness (QED) is 0.497. The first-order valence-electron chi connectivity index (χ1n) is 4.13. The van der Waals surface area contributed by atoms with E-state index in [4.69, 9.17) is 10.2 Å². The fourth-order valence-electron chi connectivity index (χ4n) is 1.51. The van der Waals surface area contributed by atoms with E-state index < -0.39 is 6.23 Å². The van der Waals surface area contributed by atoms with E-state index in [0.29, 0.717) is 6.04 Å².